The molecule has 0 aromatic rings. The van der Waals surface area contributed by atoms with Gasteiger partial charge in [0.05, 0.1) is 10.4 Å². The molecule has 0 bridgehead atoms. The molecule has 0 saturated heterocycles. The number of amides is 2. The van der Waals surface area contributed by atoms with Crippen molar-refractivity contribution in [2.24, 2.45) is 0 Å². The maximum atomic E-state index is 9.81. The standard InChI is InChI=1S/C2H6ClN2O4PS/c3-10(8,9)11(4-1-6)5-2-7/h1-2,8-9H,(H,4,6)(H,5,7). The van der Waals surface area contributed by atoms with Gasteiger partial charge in [0.15, 0.2) is 0 Å². The van der Waals surface area contributed by atoms with Gasteiger partial charge < -0.3 is 9.79 Å². The zero-order chi connectivity index (χ0) is 8.91. The lowest BCUT2D eigenvalue weighted by Gasteiger charge is -2.10. The van der Waals surface area contributed by atoms with Crippen LogP contribution in [-0.2, 0) is 20.0 Å². The number of carbonyl (C=O) groups is 2. The highest BCUT2D eigenvalue weighted by atomic mass is 35.7. The molecule has 0 aromatic heterocycles. The highest BCUT2D eigenvalue weighted by Gasteiger charge is 2.11. The van der Waals surface area contributed by atoms with E-state index in [2.05, 4.69) is 0 Å². The van der Waals surface area contributed by atoms with E-state index in [1.54, 1.807) is 0 Å². The number of carbonyl (C=O) groups excluding carboxylic acids is 2. The molecule has 0 unspecified atom stereocenters. The Morgan fingerprint density at radius 3 is 1.82 bits per heavy atom. The van der Waals surface area contributed by atoms with Gasteiger partial charge in [-0.2, -0.15) is 0 Å². The van der Waals surface area contributed by atoms with Crippen LogP contribution in [0, 0.1) is 0 Å². The van der Waals surface area contributed by atoms with E-state index in [4.69, 9.17) is 21.0 Å². The van der Waals surface area contributed by atoms with Gasteiger partial charge in [-0.1, -0.05) is 0 Å². The van der Waals surface area contributed by atoms with Crippen molar-refractivity contribution in [2.75, 3.05) is 0 Å². The molecule has 0 heterocycles. The first-order valence-corrected chi connectivity index (χ1v) is 6.64. The van der Waals surface area contributed by atoms with Crippen LogP contribution in [0.25, 0.3) is 0 Å². The second-order valence-corrected chi connectivity index (χ2v) is 7.85. The summed E-state index contributed by atoms with van der Waals surface area (Å²) in [5.74, 6) is -3.74. The molecule has 11 heavy (non-hydrogen) atoms. The summed E-state index contributed by atoms with van der Waals surface area (Å²) < 4.78 is 3.89. The van der Waals surface area contributed by atoms with Gasteiger partial charge in [0.2, 0.25) is 12.8 Å². The van der Waals surface area contributed by atoms with Gasteiger partial charge in [-0.05, 0) is 11.2 Å². The Labute approximate surface area is 69.7 Å². The van der Waals surface area contributed by atoms with Crippen molar-refractivity contribution in [1.29, 1.82) is 0 Å². The molecule has 0 spiro atoms. The summed E-state index contributed by atoms with van der Waals surface area (Å²) in [5.41, 5.74) is 0. The molecule has 0 atom stereocenters. The average molecular weight is 221 g/mol. The molecule has 0 radical (unpaired) electrons. The summed E-state index contributed by atoms with van der Waals surface area (Å²) in [5, 5.41) is 0. The van der Waals surface area contributed by atoms with E-state index in [0.717, 1.165) is 0 Å². The van der Waals surface area contributed by atoms with Crippen LogP contribution < -0.4 is 9.44 Å². The first-order valence-electron chi connectivity index (χ1n) is 2.21. The Kier molecular flexibility index (Phi) is 4.71. The van der Waals surface area contributed by atoms with E-state index in [1.165, 1.54) is 0 Å². The predicted molar refractivity (Wildman–Crippen MR) is 43.0 cm³/mol. The molecule has 0 fully saturated rings. The van der Waals surface area contributed by atoms with Crippen LogP contribution in [0.15, 0.2) is 0 Å². The number of hydrogen-bond donors (Lipinski definition) is 4. The van der Waals surface area contributed by atoms with Crippen LogP contribution in [0.2, 0.25) is 0 Å². The van der Waals surface area contributed by atoms with Crippen LogP contribution in [-0.4, -0.2) is 22.6 Å². The van der Waals surface area contributed by atoms with E-state index in [0.29, 0.717) is 0 Å². The first-order chi connectivity index (χ1) is 5.02. The molecular weight excluding hydrogens is 215 g/mol. The summed E-state index contributed by atoms with van der Waals surface area (Å²) in [7, 11) is -1.59. The molecule has 0 aliphatic heterocycles. The normalized spacial score (nSPS) is 10.9. The van der Waals surface area contributed by atoms with E-state index in [9.17, 15) is 9.59 Å². The topological polar surface area (TPSA) is 98.7 Å². The van der Waals surface area contributed by atoms with E-state index < -0.39 is 16.3 Å². The molecular formula is C2H6ClN2O4PS. The van der Waals surface area contributed by atoms with Crippen molar-refractivity contribution in [3.63, 3.8) is 0 Å². The van der Waals surface area contributed by atoms with Crippen LogP contribution in [0.4, 0.5) is 0 Å². The third-order valence-corrected chi connectivity index (χ3v) is 4.92. The van der Waals surface area contributed by atoms with Gasteiger partial charge in [-0.15, -0.1) is 0 Å². The Morgan fingerprint density at radius 1 is 1.27 bits per heavy atom. The Hall–Kier alpha value is -0.0700. The van der Waals surface area contributed by atoms with E-state index >= 15 is 0 Å². The molecule has 0 saturated carbocycles. The van der Waals surface area contributed by atoms with Gasteiger partial charge in [-0.25, -0.2) is 0 Å². The fraction of sp³-hybridized carbons (Fsp3) is 0. The van der Waals surface area contributed by atoms with Gasteiger partial charge in [0.1, 0.15) is 0 Å². The van der Waals surface area contributed by atoms with Gasteiger partial charge >= 0.3 is 0 Å². The van der Waals surface area contributed by atoms with Crippen LogP contribution >= 0.6 is 17.1 Å². The summed E-state index contributed by atoms with van der Waals surface area (Å²) in [6.07, 6.45) is 0.423. The predicted octanol–water partition coefficient (Wildman–Crippen LogP) is -1.17. The second kappa shape index (κ2) is 4.74. The van der Waals surface area contributed by atoms with Crippen LogP contribution in [0.5, 0.6) is 0 Å². The largest absolute Gasteiger partial charge is 0.335 e. The smallest absolute Gasteiger partial charge is 0.273 e. The van der Waals surface area contributed by atoms with E-state index in [1.807, 2.05) is 9.44 Å². The molecule has 0 aliphatic rings. The summed E-state index contributed by atoms with van der Waals surface area (Å²) in [6.45, 7) is 0. The lowest BCUT2D eigenvalue weighted by Crippen LogP contribution is -2.28. The fourth-order valence-corrected chi connectivity index (χ4v) is 2.56. The highest BCUT2D eigenvalue weighted by molar-refractivity contribution is 8.36. The monoisotopic (exact) mass is 220 g/mol. The average Bonchev–Trinajstić information content (AvgIpc) is 1.85. The molecule has 0 aliphatic carbocycles. The second-order valence-electron chi connectivity index (χ2n) is 1.23. The lowest BCUT2D eigenvalue weighted by atomic mass is 11.5. The minimum absolute atomic E-state index is 0.211. The maximum absolute atomic E-state index is 9.81. The van der Waals surface area contributed by atoms with Crippen molar-refractivity contribution >= 4 is 40.4 Å². The number of rotatable bonds is 4. The quantitative estimate of drug-likeness (QED) is 0.354. The van der Waals surface area contributed by atoms with Crippen molar-refractivity contribution in [2.45, 2.75) is 0 Å². The number of hydrogen-bond acceptors (Lipinski definition) is 2. The molecule has 6 nitrogen and oxygen atoms in total. The minimum Gasteiger partial charge on any atom is -0.335 e. The number of halogens is 1. The maximum Gasteiger partial charge on any atom is 0.273 e. The molecule has 4 N–H and O–H groups in total. The molecule has 9 heteroatoms. The first kappa shape index (κ1) is 10.9. The van der Waals surface area contributed by atoms with Crippen molar-refractivity contribution in [3.8, 4) is 0 Å². The van der Waals surface area contributed by atoms with Crippen LogP contribution in [0.1, 0.15) is 0 Å². The van der Waals surface area contributed by atoms with E-state index in [-0.39, 0.29) is 12.8 Å². The molecule has 0 rings (SSSR count). The molecule has 0 aromatic carbocycles. The Bertz CT molecular complexity index is 194. The zero-order valence-electron chi connectivity index (χ0n) is 5.10. The molecule has 2 amide bonds. The number of nitrogens with one attached hydrogen (secondary N) is 2. The zero-order valence-corrected chi connectivity index (χ0v) is 7.57. The summed E-state index contributed by atoms with van der Waals surface area (Å²) in [4.78, 5) is 37.1. The van der Waals surface area contributed by atoms with Crippen molar-refractivity contribution in [1.82, 2.24) is 9.44 Å². The third kappa shape index (κ3) is 4.39. The lowest BCUT2D eigenvalue weighted by molar-refractivity contribution is -0.108. The van der Waals surface area contributed by atoms with Gasteiger partial charge in [-0.3, -0.25) is 19.0 Å². The van der Waals surface area contributed by atoms with Crippen LogP contribution in [0.3, 0.4) is 0 Å². The SMILES string of the molecule is O=CNS(NC=O)=P(O)(O)Cl. The summed E-state index contributed by atoms with van der Waals surface area (Å²) >= 11 is 5.05. The third-order valence-electron chi connectivity index (χ3n) is 0.552. The summed E-state index contributed by atoms with van der Waals surface area (Å²) in [6, 6.07) is 0. The Balaban J connectivity index is 4.57. The fourth-order valence-electron chi connectivity index (χ4n) is 0.259. The van der Waals surface area contributed by atoms with Crippen molar-refractivity contribution in [3.05, 3.63) is 0 Å². The molecule has 66 valence electrons. The minimum atomic E-state index is -3.74. The highest BCUT2D eigenvalue weighted by Crippen LogP contribution is 2.45. The van der Waals surface area contributed by atoms with Crippen molar-refractivity contribution < 1.29 is 19.4 Å². The van der Waals surface area contributed by atoms with Gasteiger partial charge in [0, 0.05) is 0 Å². The Morgan fingerprint density at radius 2 is 1.64 bits per heavy atom. The van der Waals surface area contributed by atoms with Gasteiger partial charge in [0.25, 0.3) is 5.84 Å².